The van der Waals surface area contributed by atoms with Gasteiger partial charge >= 0.3 is 16.6 Å². The summed E-state index contributed by atoms with van der Waals surface area (Å²) in [5.74, 6) is 0. The van der Waals surface area contributed by atoms with Gasteiger partial charge in [0, 0.05) is 25.9 Å². The second-order valence-corrected chi connectivity index (χ2v) is 7.94. The fraction of sp³-hybridized carbons (Fsp3) is 1.00. The van der Waals surface area contributed by atoms with Crippen LogP contribution in [-0.4, -0.2) is 46.7 Å². The molecule has 0 saturated carbocycles. The van der Waals surface area contributed by atoms with Gasteiger partial charge in [0.1, 0.15) is 0 Å². The molecule has 142 valence electrons. The molecule has 0 atom stereocenters. The summed E-state index contributed by atoms with van der Waals surface area (Å²) in [4.78, 5) is 17.0. The normalized spacial score (nSPS) is 12.0. The van der Waals surface area contributed by atoms with Gasteiger partial charge in [-0.1, -0.05) is 6.92 Å². The molecule has 0 aliphatic carbocycles. The highest BCUT2D eigenvalue weighted by Crippen LogP contribution is 2.43. The Bertz CT molecular complexity index is 277. The van der Waals surface area contributed by atoms with E-state index in [4.69, 9.17) is 18.2 Å². The molecule has 23 heavy (non-hydrogen) atoms. The standard InChI is InChI=1S/C8H20O3Si.C4H11O6P/c1-5-9-12(8-4,10-6-2)11-7-3;1-3-7-9-11(5,6)10-8-4-2/h5-8H2,1-4H3;3-4H2,1-2H3,(H,5,6). The van der Waals surface area contributed by atoms with Gasteiger partial charge in [-0.25, -0.2) is 14.3 Å². The fourth-order valence-electron chi connectivity index (χ4n) is 1.34. The summed E-state index contributed by atoms with van der Waals surface area (Å²) in [6.07, 6.45) is 0. The van der Waals surface area contributed by atoms with Gasteiger partial charge in [0.15, 0.2) is 0 Å². The topological polar surface area (TPSA) is 102 Å². The second-order valence-electron chi connectivity index (χ2n) is 3.77. The van der Waals surface area contributed by atoms with Crippen molar-refractivity contribution in [3.63, 3.8) is 0 Å². The van der Waals surface area contributed by atoms with Crippen molar-refractivity contribution in [2.45, 2.75) is 47.6 Å². The highest BCUT2D eigenvalue weighted by atomic mass is 31.2. The van der Waals surface area contributed by atoms with E-state index in [-0.39, 0.29) is 13.2 Å². The Balaban J connectivity index is 0. The van der Waals surface area contributed by atoms with Gasteiger partial charge in [-0.05, 0) is 34.6 Å². The Labute approximate surface area is 140 Å². The maximum atomic E-state index is 10.6. The number of phosphoric acid groups is 1. The molecule has 0 aliphatic heterocycles. The summed E-state index contributed by atoms with van der Waals surface area (Å²) in [5, 5.41) is 0. The van der Waals surface area contributed by atoms with Gasteiger partial charge in [0.05, 0.1) is 13.2 Å². The maximum absolute atomic E-state index is 10.6. The lowest BCUT2D eigenvalue weighted by Gasteiger charge is -2.26. The van der Waals surface area contributed by atoms with Gasteiger partial charge in [0.25, 0.3) is 0 Å². The molecule has 0 aromatic heterocycles. The smallest absolute Gasteiger partial charge is 0.374 e. The van der Waals surface area contributed by atoms with Crippen LogP contribution >= 0.6 is 7.82 Å². The van der Waals surface area contributed by atoms with Crippen LogP contribution in [0.5, 0.6) is 0 Å². The summed E-state index contributed by atoms with van der Waals surface area (Å²) < 4.78 is 35.1. The van der Waals surface area contributed by atoms with Crippen LogP contribution in [0.3, 0.4) is 0 Å². The third kappa shape index (κ3) is 14.2. The Kier molecular flexibility index (Phi) is 17.3. The molecule has 1 N–H and O–H groups in total. The van der Waals surface area contributed by atoms with E-state index in [2.05, 4.69) is 19.1 Å². The van der Waals surface area contributed by atoms with Crippen LogP contribution in [0.15, 0.2) is 0 Å². The van der Waals surface area contributed by atoms with Crippen molar-refractivity contribution >= 4 is 16.6 Å². The molecule has 0 saturated heterocycles. The molecule has 0 aromatic rings. The lowest BCUT2D eigenvalue weighted by molar-refractivity contribution is -0.275. The predicted octanol–water partition coefficient (Wildman–Crippen LogP) is 3.08. The summed E-state index contributed by atoms with van der Waals surface area (Å²) in [5.41, 5.74) is 0. The largest absolute Gasteiger partial charge is 0.526 e. The molecule has 0 unspecified atom stereocenters. The van der Waals surface area contributed by atoms with Gasteiger partial charge in [0.2, 0.25) is 0 Å². The van der Waals surface area contributed by atoms with Crippen molar-refractivity contribution in [2.24, 2.45) is 0 Å². The molecule has 0 radical (unpaired) electrons. The van der Waals surface area contributed by atoms with E-state index in [9.17, 15) is 4.57 Å². The van der Waals surface area contributed by atoms with Gasteiger partial charge in [-0.2, -0.15) is 0 Å². The Morgan fingerprint density at radius 2 is 1.09 bits per heavy atom. The first-order valence-electron chi connectivity index (χ1n) is 7.73. The molecule has 0 spiro atoms. The SMILES string of the molecule is CCOOP(=O)(O)OOCC.CCO[Si](CC)(OCC)OCC. The first-order valence-corrected chi connectivity index (χ1v) is 11.2. The first kappa shape index (κ1) is 25.4. The van der Waals surface area contributed by atoms with Crippen molar-refractivity contribution in [1.29, 1.82) is 0 Å². The minimum atomic E-state index is -4.17. The first-order chi connectivity index (χ1) is 10.9. The van der Waals surface area contributed by atoms with Crippen LogP contribution in [0.4, 0.5) is 0 Å². The molecule has 0 heterocycles. The lowest BCUT2D eigenvalue weighted by Crippen LogP contribution is -2.45. The van der Waals surface area contributed by atoms with Crippen LogP contribution in [0.2, 0.25) is 6.04 Å². The second kappa shape index (κ2) is 15.6. The number of rotatable bonds is 13. The molecule has 0 amide bonds. The zero-order valence-corrected chi connectivity index (χ0v) is 16.8. The van der Waals surface area contributed by atoms with Gasteiger partial charge < -0.3 is 13.3 Å². The Hall–Kier alpha value is 0.127. The van der Waals surface area contributed by atoms with Crippen LogP contribution in [-0.2, 0) is 37.0 Å². The fourth-order valence-corrected chi connectivity index (χ4v) is 4.03. The van der Waals surface area contributed by atoms with Crippen LogP contribution in [0.1, 0.15) is 41.5 Å². The molecule has 9 nitrogen and oxygen atoms in total. The van der Waals surface area contributed by atoms with Crippen molar-refractivity contribution in [3.8, 4) is 0 Å². The van der Waals surface area contributed by atoms with E-state index in [1.807, 2.05) is 27.7 Å². The lowest BCUT2D eigenvalue weighted by atomic mass is 10.9. The van der Waals surface area contributed by atoms with E-state index < -0.39 is 16.6 Å². The average molecular weight is 378 g/mol. The summed E-state index contributed by atoms with van der Waals surface area (Å²) in [6, 6.07) is 0.850. The molecular formula is C12H31O9PSi. The highest BCUT2D eigenvalue weighted by molar-refractivity contribution is 7.47. The molecule has 0 fully saturated rings. The van der Waals surface area contributed by atoms with Crippen LogP contribution in [0.25, 0.3) is 0 Å². The van der Waals surface area contributed by atoms with Crippen molar-refractivity contribution in [3.05, 3.63) is 0 Å². The molecule has 0 aromatic carbocycles. The minimum Gasteiger partial charge on any atom is -0.374 e. The third-order valence-corrected chi connectivity index (χ3v) is 5.69. The Morgan fingerprint density at radius 3 is 1.30 bits per heavy atom. The monoisotopic (exact) mass is 378 g/mol. The molecule has 0 bridgehead atoms. The zero-order valence-electron chi connectivity index (χ0n) is 14.9. The molecule has 11 heteroatoms. The van der Waals surface area contributed by atoms with Crippen molar-refractivity contribution < 1.29 is 41.9 Å². The average Bonchev–Trinajstić information content (AvgIpc) is 2.52. The number of hydrogen-bond acceptors (Lipinski definition) is 8. The molecule has 0 aliphatic rings. The third-order valence-electron chi connectivity index (χ3n) is 2.06. The Morgan fingerprint density at radius 1 is 0.739 bits per heavy atom. The van der Waals surface area contributed by atoms with E-state index in [0.29, 0.717) is 19.8 Å². The van der Waals surface area contributed by atoms with E-state index in [1.54, 1.807) is 13.8 Å². The van der Waals surface area contributed by atoms with E-state index >= 15 is 0 Å². The summed E-state index contributed by atoms with van der Waals surface area (Å²) in [6.45, 7) is 13.5. The zero-order chi connectivity index (χ0) is 18.2. The van der Waals surface area contributed by atoms with Crippen molar-refractivity contribution in [2.75, 3.05) is 33.0 Å². The summed E-state index contributed by atoms with van der Waals surface area (Å²) >= 11 is 0. The summed E-state index contributed by atoms with van der Waals surface area (Å²) in [7, 11) is -6.44. The van der Waals surface area contributed by atoms with E-state index in [0.717, 1.165) is 6.04 Å². The minimum absolute atomic E-state index is 0.153. The van der Waals surface area contributed by atoms with Gasteiger partial charge in [-0.15, -0.1) is 9.35 Å². The van der Waals surface area contributed by atoms with Crippen LogP contribution in [0, 0.1) is 0 Å². The van der Waals surface area contributed by atoms with E-state index in [1.165, 1.54) is 0 Å². The van der Waals surface area contributed by atoms with Crippen LogP contribution < -0.4 is 0 Å². The highest BCUT2D eigenvalue weighted by Gasteiger charge is 2.37. The van der Waals surface area contributed by atoms with Crippen molar-refractivity contribution in [1.82, 2.24) is 0 Å². The maximum Gasteiger partial charge on any atom is 0.526 e. The molecule has 0 rings (SSSR count). The quantitative estimate of drug-likeness (QED) is 0.224. The van der Waals surface area contributed by atoms with Gasteiger partial charge in [-0.3, -0.25) is 4.89 Å². The predicted molar refractivity (Wildman–Crippen MR) is 86.4 cm³/mol. The number of hydrogen-bond donors (Lipinski definition) is 1. The molecular weight excluding hydrogens is 347 g/mol.